The van der Waals surface area contributed by atoms with Crippen molar-refractivity contribution in [3.8, 4) is 0 Å². The first kappa shape index (κ1) is 28.0. The van der Waals surface area contributed by atoms with Crippen LogP contribution < -0.4 is 0 Å². The first-order valence-corrected chi connectivity index (χ1v) is 9.42. The average Bonchev–Trinajstić information content (AvgIpc) is 2.71. The summed E-state index contributed by atoms with van der Waals surface area (Å²) >= 11 is 0. The van der Waals surface area contributed by atoms with E-state index in [1.165, 1.54) is 0 Å². The number of rotatable bonds is 1. The highest BCUT2D eigenvalue weighted by Crippen LogP contribution is 2.21. The van der Waals surface area contributed by atoms with E-state index in [2.05, 4.69) is 5.28 Å². The summed E-state index contributed by atoms with van der Waals surface area (Å²) in [6, 6.07) is 0. The minimum absolute atomic E-state index is 0.203. The maximum atomic E-state index is 13.3. The molecular weight excluding hydrogens is 477 g/mol. The van der Waals surface area contributed by atoms with Gasteiger partial charge in [0.2, 0.25) is 5.28 Å². The lowest BCUT2D eigenvalue weighted by molar-refractivity contribution is -0.709. The molecule has 1 fully saturated rings. The Labute approximate surface area is 182 Å². The molecule has 3 amide bonds. The molecule has 0 spiro atoms. The zero-order valence-electron chi connectivity index (χ0n) is 17.0. The lowest BCUT2D eigenvalue weighted by Gasteiger charge is -2.30. The van der Waals surface area contributed by atoms with Crippen molar-refractivity contribution in [3.63, 3.8) is 0 Å². The van der Waals surface area contributed by atoms with Crippen molar-refractivity contribution in [1.29, 1.82) is 0 Å². The second-order valence-electron chi connectivity index (χ2n) is 6.82. The van der Waals surface area contributed by atoms with Crippen molar-refractivity contribution in [2.75, 3.05) is 52.4 Å². The molecule has 1 saturated heterocycles. The van der Waals surface area contributed by atoms with Gasteiger partial charge in [-0.15, -0.1) is 9.40 Å². The average molecular weight is 498 g/mol. The van der Waals surface area contributed by atoms with Gasteiger partial charge in [-0.3, -0.25) is 9.59 Å². The fourth-order valence-electron chi connectivity index (χ4n) is 2.99. The number of carbonyl (C=O) groups excluding carboxylic acids is 3. The van der Waals surface area contributed by atoms with Gasteiger partial charge in [-0.25, -0.2) is 4.79 Å². The molecule has 0 radical (unpaired) electrons. The van der Waals surface area contributed by atoms with Crippen molar-refractivity contribution < 1.29 is 55.3 Å². The van der Waals surface area contributed by atoms with Gasteiger partial charge in [0.05, 0.1) is 18.1 Å². The van der Waals surface area contributed by atoms with Crippen LogP contribution in [0, 0.1) is 5.21 Å². The summed E-state index contributed by atoms with van der Waals surface area (Å²) < 4.78 is 90.5. The van der Waals surface area contributed by atoms with Gasteiger partial charge in [0.15, 0.2) is 0 Å². The summed E-state index contributed by atoms with van der Waals surface area (Å²) in [6.07, 6.45) is -13.4. The summed E-state index contributed by atoms with van der Waals surface area (Å²) in [5.74, 6) is -4.66. The molecule has 190 valence electrons. The van der Waals surface area contributed by atoms with Crippen molar-refractivity contribution in [3.05, 3.63) is 5.21 Å². The molecule has 0 bridgehead atoms. The van der Waals surface area contributed by atoms with Gasteiger partial charge in [-0.1, -0.05) is 0 Å². The third-order valence-corrected chi connectivity index (χ3v) is 4.59. The van der Waals surface area contributed by atoms with E-state index >= 15 is 0 Å². The number of hydrogen-bond acceptors (Lipinski definition) is 5. The Morgan fingerprint density at radius 1 is 0.727 bits per heavy atom. The van der Waals surface area contributed by atoms with E-state index in [-0.39, 0.29) is 27.7 Å². The van der Waals surface area contributed by atoms with E-state index < -0.39 is 82.6 Å². The minimum atomic E-state index is -5.33. The van der Waals surface area contributed by atoms with Crippen molar-refractivity contribution in [1.82, 2.24) is 19.7 Å². The van der Waals surface area contributed by atoms with E-state index in [9.17, 15) is 50.3 Å². The number of hydrogen-bond donors (Lipinski definition) is 1. The first-order valence-electron chi connectivity index (χ1n) is 9.42. The summed E-state index contributed by atoms with van der Waals surface area (Å²) in [5.41, 5.74) is 0. The number of amides is 3. The summed E-state index contributed by atoms with van der Waals surface area (Å²) in [7, 11) is 0. The lowest BCUT2D eigenvalue weighted by Crippen LogP contribution is -2.49. The van der Waals surface area contributed by atoms with Crippen LogP contribution in [0.1, 0.15) is 12.8 Å². The number of halogens is 7. The maximum absolute atomic E-state index is 13.3. The van der Waals surface area contributed by atoms with E-state index in [1.54, 1.807) is 0 Å². The van der Waals surface area contributed by atoms with Gasteiger partial charge in [-0.2, -0.15) is 26.3 Å². The van der Waals surface area contributed by atoms with Crippen LogP contribution in [0.25, 0.3) is 0 Å². The molecule has 1 heterocycles. The zero-order chi connectivity index (χ0) is 25.4. The quantitative estimate of drug-likeness (QED) is 0.146. The van der Waals surface area contributed by atoms with Crippen molar-refractivity contribution in [2.24, 2.45) is 5.28 Å². The van der Waals surface area contributed by atoms with Crippen molar-refractivity contribution in [2.45, 2.75) is 25.2 Å². The molecule has 1 aliphatic heterocycles. The maximum Gasteiger partial charge on any atom is 0.471 e. The Hall–Kier alpha value is -3.08. The predicted molar refractivity (Wildman–Crippen MR) is 92.0 cm³/mol. The number of nitrogens with zero attached hydrogens (tertiary/aromatic N) is 6. The minimum Gasteiger partial charge on any atom is -0.569 e. The molecule has 0 atom stereocenters. The third-order valence-electron chi connectivity index (χ3n) is 4.59. The van der Waals surface area contributed by atoms with Crippen LogP contribution in [-0.2, 0) is 9.59 Å². The standard InChI is InChI=1S/C15H21F7N6O5/c16-13(31)26-5-2-6-27(28(33)23-32)10-9-25(12(30)15(20,21)22)4-1-3-24(7-8-26)11(29)14(17,18)19/h32H,1-10H2/b28-23-. The second-order valence-corrected chi connectivity index (χ2v) is 6.82. The molecule has 0 aliphatic carbocycles. The van der Waals surface area contributed by atoms with E-state index in [1.807, 2.05) is 0 Å². The molecule has 0 saturated carbocycles. The molecule has 11 nitrogen and oxygen atoms in total. The van der Waals surface area contributed by atoms with Crippen LogP contribution in [0.4, 0.5) is 35.5 Å². The molecule has 33 heavy (non-hydrogen) atoms. The number of alkyl halides is 6. The normalized spacial score (nSPS) is 18.7. The zero-order valence-corrected chi connectivity index (χ0v) is 17.0. The van der Waals surface area contributed by atoms with Crippen LogP contribution in [-0.4, -0.2) is 113 Å². The van der Waals surface area contributed by atoms with Gasteiger partial charge < -0.3 is 25.1 Å². The highest BCUT2D eigenvalue weighted by molar-refractivity contribution is 5.82. The Morgan fingerprint density at radius 3 is 1.55 bits per heavy atom. The highest BCUT2D eigenvalue weighted by atomic mass is 19.4. The van der Waals surface area contributed by atoms with Gasteiger partial charge in [0.1, 0.15) is 0 Å². The van der Waals surface area contributed by atoms with Crippen LogP contribution in [0.15, 0.2) is 5.28 Å². The molecule has 0 aromatic heterocycles. The van der Waals surface area contributed by atoms with E-state index in [4.69, 9.17) is 5.21 Å². The Balaban J connectivity index is 3.16. The van der Waals surface area contributed by atoms with Crippen LogP contribution in [0.2, 0.25) is 0 Å². The second kappa shape index (κ2) is 11.7. The molecular formula is C15H21F7N6O5. The molecule has 1 N–H and O–H groups in total. The monoisotopic (exact) mass is 498 g/mol. The number of hydrazine groups is 1. The first-order chi connectivity index (χ1) is 15.2. The topological polar surface area (TPSA) is 123 Å². The fourth-order valence-corrected chi connectivity index (χ4v) is 2.99. The van der Waals surface area contributed by atoms with Crippen LogP contribution in [0.3, 0.4) is 0 Å². The van der Waals surface area contributed by atoms with Gasteiger partial charge in [0.25, 0.3) is 0 Å². The molecule has 0 unspecified atom stereocenters. The Morgan fingerprint density at radius 2 is 1.12 bits per heavy atom. The van der Waals surface area contributed by atoms with E-state index in [0.717, 1.165) is 0 Å². The van der Waals surface area contributed by atoms with Gasteiger partial charge in [-0.05, 0) is 12.8 Å². The van der Waals surface area contributed by atoms with Crippen molar-refractivity contribution >= 4 is 18.0 Å². The van der Waals surface area contributed by atoms with Gasteiger partial charge >= 0.3 is 30.3 Å². The summed E-state index contributed by atoms with van der Waals surface area (Å²) in [5, 5.41) is 23.2. The Kier molecular flexibility index (Phi) is 9.90. The number of carbonyl (C=O) groups is 3. The fraction of sp³-hybridized carbons (Fsp3) is 0.800. The molecule has 1 rings (SSSR count). The third kappa shape index (κ3) is 8.76. The summed E-state index contributed by atoms with van der Waals surface area (Å²) in [4.78, 5) is 35.0. The largest absolute Gasteiger partial charge is 0.569 e. The lowest BCUT2D eigenvalue weighted by atomic mass is 10.3. The summed E-state index contributed by atoms with van der Waals surface area (Å²) in [6.45, 7) is -5.11. The molecule has 1 aliphatic rings. The predicted octanol–water partition coefficient (Wildman–Crippen LogP) is 1.52. The highest BCUT2D eigenvalue weighted by Gasteiger charge is 2.44. The van der Waals surface area contributed by atoms with Crippen LogP contribution in [0.5, 0.6) is 0 Å². The SMILES string of the molecule is O=C(F)N1CCCN(/[N+]([O-])=N/O)CCN(C(=O)C(F)(F)F)CCCN(C(=O)C(F)(F)F)CC1. The molecule has 18 heteroatoms. The Bertz CT molecular complexity index is 733. The van der Waals surface area contributed by atoms with E-state index in [0.29, 0.717) is 9.91 Å². The van der Waals surface area contributed by atoms with Gasteiger partial charge in [0, 0.05) is 39.3 Å². The smallest absolute Gasteiger partial charge is 0.471 e. The molecule has 0 aromatic rings. The molecule has 0 aromatic carbocycles. The van der Waals surface area contributed by atoms with Crippen LogP contribution >= 0.6 is 0 Å².